The molecule has 118 valence electrons. The van der Waals surface area contributed by atoms with Crippen LogP contribution in [-0.4, -0.2) is 17.6 Å². The van der Waals surface area contributed by atoms with E-state index >= 15 is 0 Å². The van der Waals surface area contributed by atoms with Crippen LogP contribution in [-0.2, 0) is 4.74 Å². The van der Waals surface area contributed by atoms with Crippen molar-refractivity contribution in [1.82, 2.24) is 4.98 Å². The minimum atomic E-state index is -0.661. The number of benzene rings is 2. The summed E-state index contributed by atoms with van der Waals surface area (Å²) in [5.74, 6) is -2.09. The second-order valence-corrected chi connectivity index (χ2v) is 4.81. The normalized spacial score (nSPS) is 10.7. The first-order chi connectivity index (χ1) is 11.1. The predicted molar refractivity (Wildman–Crippen MR) is 80.7 cm³/mol. The number of halogens is 2. The maximum atomic E-state index is 14.1. The quantitative estimate of drug-likeness (QED) is 0.725. The SMILES string of the molecule is CCOC(=O)c1ccc(F)cc1Oc1cc2cc[nH]c2cc1F. The first kappa shape index (κ1) is 15.0. The smallest absolute Gasteiger partial charge is 0.341 e. The molecule has 3 rings (SSSR count). The van der Waals surface area contributed by atoms with E-state index in [1.54, 1.807) is 19.2 Å². The number of aromatic nitrogens is 1. The molecule has 3 aromatic rings. The van der Waals surface area contributed by atoms with Crippen LogP contribution in [0.15, 0.2) is 42.6 Å². The van der Waals surface area contributed by atoms with Crippen molar-refractivity contribution in [2.45, 2.75) is 6.92 Å². The Morgan fingerprint density at radius 3 is 2.74 bits per heavy atom. The van der Waals surface area contributed by atoms with Gasteiger partial charge in [0.2, 0.25) is 0 Å². The molecule has 1 heterocycles. The highest BCUT2D eigenvalue weighted by Crippen LogP contribution is 2.31. The highest BCUT2D eigenvalue weighted by Gasteiger charge is 2.17. The van der Waals surface area contributed by atoms with E-state index in [-0.39, 0.29) is 23.7 Å². The number of aromatic amines is 1. The molecule has 0 amide bonds. The highest BCUT2D eigenvalue weighted by molar-refractivity contribution is 5.92. The van der Waals surface area contributed by atoms with Crippen molar-refractivity contribution in [3.8, 4) is 11.5 Å². The summed E-state index contributed by atoms with van der Waals surface area (Å²) in [4.78, 5) is 14.8. The summed E-state index contributed by atoms with van der Waals surface area (Å²) in [5, 5.41) is 0.732. The van der Waals surface area contributed by atoms with Crippen LogP contribution in [0.5, 0.6) is 11.5 Å². The average Bonchev–Trinajstić information content (AvgIpc) is 2.95. The van der Waals surface area contributed by atoms with E-state index in [0.717, 1.165) is 17.5 Å². The van der Waals surface area contributed by atoms with Gasteiger partial charge in [0.25, 0.3) is 0 Å². The lowest BCUT2D eigenvalue weighted by molar-refractivity contribution is 0.0523. The van der Waals surface area contributed by atoms with E-state index in [0.29, 0.717) is 5.52 Å². The Morgan fingerprint density at radius 1 is 1.13 bits per heavy atom. The number of H-pyrrole nitrogens is 1. The van der Waals surface area contributed by atoms with Crippen LogP contribution in [0, 0.1) is 11.6 Å². The van der Waals surface area contributed by atoms with Crippen molar-refractivity contribution < 1.29 is 23.0 Å². The van der Waals surface area contributed by atoms with Gasteiger partial charge in [0.1, 0.15) is 17.1 Å². The molecule has 0 aliphatic rings. The van der Waals surface area contributed by atoms with Crippen LogP contribution < -0.4 is 4.74 Å². The zero-order chi connectivity index (χ0) is 16.4. The van der Waals surface area contributed by atoms with Crippen molar-refractivity contribution >= 4 is 16.9 Å². The molecule has 1 aromatic heterocycles. The molecule has 1 N–H and O–H groups in total. The van der Waals surface area contributed by atoms with Gasteiger partial charge in [-0.3, -0.25) is 0 Å². The summed E-state index contributed by atoms with van der Waals surface area (Å²) < 4.78 is 37.9. The molecule has 0 aliphatic carbocycles. The second kappa shape index (κ2) is 6.08. The largest absolute Gasteiger partial charge is 0.462 e. The minimum absolute atomic E-state index is 0.0295. The zero-order valence-electron chi connectivity index (χ0n) is 12.2. The van der Waals surface area contributed by atoms with E-state index in [9.17, 15) is 13.6 Å². The number of carbonyl (C=O) groups excluding carboxylic acids is 1. The van der Waals surface area contributed by atoms with E-state index in [4.69, 9.17) is 9.47 Å². The van der Waals surface area contributed by atoms with Gasteiger partial charge in [0, 0.05) is 29.2 Å². The molecule has 0 unspecified atom stereocenters. The molecular weight excluding hydrogens is 304 g/mol. The van der Waals surface area contributed by atoms with Gasteiger partial charge in [-0.05, 0) is 31.2 Å². The lowest BCUT2D eigenvalue weighted by atomic mass is 10.2. The van der Waals surface area contributed by atoms with Crippen LogP contribution in [0.3, 0.4) is 0 Å². The zero-order valence-corrected chi connectivity index (χ0v) is 12.2. The highest BCUT2D eigenvalue weighted by atomic mass is 19.1. The maximum absolute atomic E-state index is 14.1. The fourth-order valence-corrected chi connectivity index (χ4v) is 2.21. The van der Waals surface area contributed by atoms with Crippen molar-refractivity contribution in [3.05, 3.63) is 59.8 Å². The molecule has 0 saturated carbocycles. The monoisotopic (exact) mass is 317 g/mol. The van der Waals surface area contributed by atoms with E-state index in [1.165, 1.54) is 18.2 Å². The molecule has 0 bridgehead atoms. The number of fused-ring (bicyclic) bond motifs is 1. The molecule has 6 heteroatoms. The minimum Gasteiger partial charge on any atom is -0.462 e. The molecule has 0 radical (unpaired) electrons. The topological polar surface area (TPSA) is 51.3 Å². The fourth-order valence-electron chi connectivity index (χ4n) is 2.21. The third kappa shape index (κ3) is 3.01. The molecule has 23 heavy (non-hydrogen) atoms. The number of hydrogen-bond donors (Lipinski definition) is 1. The van der Waals surface area contributed by atoms with Gasteiger partial charge >= 0.3 is 5.97 Å². The van der Waals surface area contributed by atoms with Gasteiger partial charge < -0.3 is 14.5 Å². The third-order valence-corrected chi connectivity index (χ3v) is 3.26. The maximum Gasteiger partial charge on any atom is 0.341 e. The molecule has 0 aliphatic heterocycles. The van der Waals surface area contributed by atoms with E-state index in [2.05, 4.69) is 4.98 Å². The predicted octanol–water partition coefficient (Wildman–Crippen LogP) is 4.42. The lowest BCUT2D eigenvalue weighted by Gasteiger charge is -2.11. The van der Waals surface area contributed by atoms with Crippen molar-refractivity contribution in [2.24, 2.45) is 0 Å². The van der Waals surface area contributed by atoms with Gasteiger partial charge in [-0.2, -0.15) is 0 Å². The van der Waals surface area contributed by atoms with Gasteiger partial charge in [0.15, 0.2) is 11.6 Å². The Bertz CT molecular complexity index is 873. The molecule has 0 atom stereocenters. The summed E-state index contributed by atoms with van der Waals surface area (Å²) in [5.41, 5.74) is 0.640. The van der Waals surface area contributed by atoms with Crippen molar-refractivity contribution in [1.29, 1.82) is 0 Å². The standard InChI is InChI=1S/C17H13F2NO3/c1-2-22-17(21)12-4-3-11(18)8-15(12)23-16-7-10-5-6-20-14(10)9-13(16)19/h3-9,20H,2H2,1H3. The first-order valence-electron chi connectivity index (χ1n) is 6.99. The Morgan fingerprint density at radius 2 is 1.96 bits per heavy atom. The molecule has 2 aromatic carbocycles. The number of esters is 1. The van der Waals surface area contributed by atoms with Gasteiger partial charge in [0.05, 0.1) is 6.61 Å². The van der Waals surface area contributed by atoms with Gasteiger partial charge in [-0.1, -0.05) is 0 Å². The Balaban J connectivity index is 2.01. The number of hydrogen-bond acceptors (Lipinski definition) is 3. The second-order valence-electron chi connectivity index (χ2n) is 4.81. The Hall–Kier alpha value is -2.89. The number of carbonyl (C=O) groups is 1. The number of ether oxygens (including phenoxy) is 2. The Labute approximate surface area is 130 Å². The molecule has 0 saturated heterocycles. The van der Waals surface area contributed by atoms with Crippen LogP contribution in [0.2, 0.25) is 0 Å². The average molecular weight is 317 g/mol. The lowest BCUT2D eigenvalue weighted by Crippen LogP contribution is -2.07. The van der Waals surface area contributed by atoms with Gasteiger partial charge in [-0.25, -0.2) is 13.6 Å². The number of nitrogens with one attached hydrogen (secondary N) is 1. The third-order valence-electron chi connectivity index (χ3n) is 3.26. The summed E-state index contributed by atoms with van der Waals surface area (Å²) >= 11 is 0. The van der Waals surface area contributed by atoms with Crippen LogP contribution >= 0.6 is 0 Å². The molecule has 0 spiro atoms. The van der Waals surface area contributed by atoms with Crippen molar-refractivity contribution in [2.75, 3.05) is 6.61 Å². The summed E-state index contributed by atoms with van der Waals surface area (Å²) in [6.45, 7) is 1.82. The molecular formula is C17H13F2NO3. The van der Waals surface area contributed by atoms with Gasteiger partial charge in [-0.15, -0.1) is 0 Å². The summed E-state index contributed by atoms with van der Waals surface area (Å²) in [6, 6.07) is 7.88. The van der Waals surface area contributed by atoms with Crippen molar-refractivity contribution in [3.63, 3.8) is 0 Å². The summed E-state index contributed by atoms with van der Waals surface area (Å²) in [7, 11) is 0. The molecule has 4 nitrogen and oxygen atoms in total. The first-order valence-corrected chi connectivity index (χ1v) is 6.99. The van der Waals surface area contributed by atoms with Crippen LogP contribution in [0.25, 0.3) is 10.9 Å². The fraction of sp³-hybridized carbons (Fsp3) is 0.118. The Kier molecular flexibility index (Phi) is 3.97. The number of rotatable bonds is 4. The van der Waals surface area contributed by atoms with E-state index in [1.807, 2.05) is 0 Å². The van der Waals surface area contributed by atoms with E-state index < -0.39 is 17.6 Å². The summed E-state index contributed by atoms with van der Waals surface area (Å²) in [6.07, 6.45) is 1.67. The molecule has 0 fully saturated rings. The van der Waals surface area contributed by atoms with Crippen LogP contribution in [0.1, 0.15) is 17.3 Å². The van der Waals surface area contributed by atoms with Crippen LogP contribution in [0.4, 0.5) is 8.78 Å².